The van der Waals surface area contributed by atoms with Gasteiger partial charge in [0.1, 0.15) is 0 Å². The molecule has 8 heteroatoms. The lowest BCUT2D eigenvalue weighted by atomic mass is 10.1. The molecule has 0 aromatic carbocycles. The summed E-state index contributed by atoms with van der Waals surface area (Å²) in [6.07, 6.45) is 6.14. The molecule has 3 heterocycles. The van der Waals surface area contributed by atoms with Gasteiger partial charge in [-0.25, -0.2) is 9.67 Å². The monoisotopic (exact) mass is 426 g/mol. The number of aromatic nitrogens is 3. The minimum absolute atomic E-state index is 0.0460. The summed E-state index contributed by atoms with van der Waals surface area (Å²) in [4.78, 5) is 34.4. The molecule has 2 amide bonds. The first-order valence-electron chi connectivity index (χ1n) is 11.6. The second-order valence-corrected chi connectivity index (χ2v) is 9.06. The topological polar surface area (TPSA) is 83.4 Å². The highest BCUT2D eigenvalue weighted by Gasteiger charge is 2.30. The zero-order valence-electron chi connectivity index (χ0n) is 18.9. The van der Waals surface area contributed by atoms with Crippen molar-refractivity contribution in [2.24, 2.45) is 0 Å². The Kier molecular flexibility index (Phi) is 6.55. The van der Waals surface area contributed by atoms with E-state index in [0.29, 0.717) is 44.2 Å². The standard InChI is InChI=1S/C23H34N6O2/c1-4-5-8-24-21(30)15-27-9-11-28(12-10-27)23(31)18-13-20(17-6-7-17)26-22-19(18)14-25-29(22)16(2)3/h13-14,16-17H,4-12,15H2,1-3H3,(H,24,30). The molecule has 0 spiro atoms. The number of amides is 2. The Hall–Kier alpha value is -2.48. The van der Waals surface area contributed by atoms with E-state index in [1.54, 1.807) is 6.20 Å². The lowest BCUT2D eigenvalue weighted by molar-refractivity contribution is -0.122. The average molecular weight is 427 g/mol. The van der Waals surface area contributed by atoms with E-state index in [9.17, 15) is 9.59 Å². The summed E-state index contributed by atoms with van der Waals surface area (Å²) in [5.74, 6) is 0.582. The molecule has 2 fully saturated rings. The molecule has 168 valence electrons. The molecule has 2 aliphatic rings. The van der Waals surface area contributed by atoms with E-state index in [4.69, 9.17) is 4.98 Å². The van der Waals surface area contributed by atoms with Crippen LogP contribution in [0.5, 0.6) is 0 Å². The Labute approximate surface area is 184 Å². The maximum atomic E-state index is 13.5. The number of fused-ring (bicyclic) bond motifs is 1. The number of hydrogen-bond donors (Lipinski definition) is 1. The van der Waals surface area contributed by atoms with Gasteiger partial charge in [0, 0.05) is 50.4 Å². The smallest absolute Gasteiger partial charge is 0.254 e. The minimum atomic E-state index is 0.0460. The molecule has 4 rings (SSSR count). The Bertz CT molecular complexity index is 941. The van der Waals surface area contributed by atoms with Gasteiger partial charge in [-0.1, -0.05) is 13.3 Å². The predicted molar refractivity (Wildman–Crippen MR) is 120 cm³/mol. The van der Waals surface area contributed by atoms with Crippen LogP contribution in [0.2, 0.25) is 0 Å². The van der Waals surface area contributed by atoms with Crippen LogP contribution in [0.1, 0.15) is 74.5 Å². The Balaban J connectivity index is 1.45. The lowest BCUT2D eigenvalue weighted by Crippen LogP contribution is -2.51. The fraction of sp³-hybridized carbons (Fsp3) is 0.652. The summed E-state index contributed by atoms with van der Waals surface area (Å²) < 4.78 is 1.91. The van der Waals surface area contributed by atoms with Gasteiger partial charge in [-0.05, 0) is 39.2 Å². The highest BCUT2D eigenvalue weighted by molar-refractivity contribution is 6.05. The van der Waals surface area contributed by atoms with Crippen LogP contribution in [0.4, 0.5) is 0 Å². The van der Waals surface area contributed by atoms with E-state index < -0.39 is 0 Å². The van der Waals surface area contributed by atoms with Crippen molar-refractivity contribution >= 4 is 22.8 Å². The number of rotatable bonds is 8. The van der Waals surface area contributed by atoms with Crippen molar-refractivity contribution in [3.05, 3.63) is 23.5 Å². The van der Waals surface area contributed by atoms with Gasteiger partial charge in [-0.3, -0.25) is 14.5 Å². The van der Waals surface area contributed by atoms with Gasteiger partial charge in [0.15, 0.2) is 5.65 Å². The lowest BCUT2D eigenvalue weighted by Gasteiger charge is -2.34. The van der Waals surface area contributed by atoms with Gasteiger partial charge in [0.25, 0.3) is 5.91 Å². The van der Waals surface area contributed by atoms with Crippen LogP contribution in [-0.2, 0) is 4.79 Å². The molecule has 2 aromatic rings. The van der Waals surface area contributed by atoms with Crippen LogP contribution in [0.3, 0.4) is 0 Å². The van der Waals surface area contributed by atoms with E-state index in [1.807, 2.05) is 15.6 Å². The van der Waals surface area contributed by atoms with E-state index in [1.165, 1.54) is 0 Å². The highest BCUT2D eigenvalue weighted by Crippen LogP contribution is 2.40. The number of unbranched alkanes of at least 4 members (excludes halogenated alkanes) is 1. The fourth-order valence-corrected chi connectivity index (χ4v) is 4.12. The molecular formula is C23H34N6O2. The zero-order chi connectivity index (χ0) is 22.0. The maximum Gasteiger partial charge on any atom is 0.254 e. The van der Waals surface area contributed by atoms with E-state index >= 15 is 0 Å². The third-order valence-corrected chi connectivity index (χ3v) is 6.18. The van der Waals surface area contributed by atoms with Gasteiger partial charge >= 0.3 is 0 Å². The van der Waals surface area contributed by atoms with E-state index in [-0.39, 0.29) is 17.9 Å². The Morgan fingerprint density at radius 1 is 1.19 bits per heavy atom. The zero-order valence-corrected chi connectivity index (χ0v) is 18.9. The molecule has 0 atom stereocenters. The molecule has 1 N–H and O–H groups in total. The number of carbonyl (C=O) groups excluding carboxylic acids is 2. The summed E-state index contributed by atoms with van der Waals surface area (Å²) in [6.45, 7) is 10.1. The largest absolute Gasteiger partial charge is 0.355 e. The van der Waals surface area contributed by atoms with Crippen molar-refractivity contribution in [2.75, 3.05) is 39.3 Å². The number of carbonyl (C=O) groups is 2. The number of nitrogens with one attached hydrogen (secondary N) is 1. The van der Waals surface area contributed by atoms with E-state index in [2.05, 4.69) is 36.1 Å². The van der Waals surface area contributed by atoms with Crippen LogP contribution < -0.4 is 5.32 Å². The van der Waals surface area contributed by atoms with Crippen molar-refractivity contribution in [1.82, 2.24) is 29.9 Å². The van der Waals surface area contributed by atoms with Gasteiger partial charge in [0.05, 0.1) is 23.7 Å². The summed E-state index contributed by atoms with van der Waals surface area (Å²) >= 11 is 0. The average Bonchev–Trinajstić information content (AvgIpc) is 3.52. The molecule has 2 aromatic heterocycles. The van der Waals surface area contributed by atoms with Crippen LogP contribution in [0.25, 0.3) is 11.0 Å². The van der Waals surface area contributed by atoms with Crippen molar-refractivity contribution in [3.8, 4) is 0 Å². The van der Waals surface area contributed by atoms with Gasteiger partial charge in [-0.15, -0.1) is 0 Å². The molecule has 1 aliphatic carbocycles. The summed E-state index contributed by atoms with van der Waals surface area (Å²) in [6, 6.07) is 2.18. The molecule has 1 aliphatic heterocycles. The Morgan fingerprint density at radius 2 is 1.94 bits per heavy atom. The fourth-order valence-electron chi connectivity index (χ4n) is 4.12. The summed E-state index contributed by atoms with van der Waals surface area (Å²) in [5.41, 5.74) is 2.54. The Morgan fingerprint density at radius 3 is 2.58 bits per heavy atom. The van der Waals surface area contributed by atoms with Crippen molar-refractivity contribution in [2.45, 2.75) is 58.4 Å². The second kappa shape index (κ2) is 9.34. The first kappa shape index (κ1) is 21.7. The summed E-state index contributed by atoms with van der Waals surface area (Å²) in [7, 11) is 0. The van der Waals surface area contributed by atoms with Crippen LogP contribution in [-0.4, -0.2) is 75.6 Å². The molecule has 1 saturated carbocycles. The quantitative estimate of drug-likeness (QED) is 0.656. The van der Waals surface area contributed by atoms with Gasteiger partial charge in [0.2, 0.25) is 5.91 Å². The van der Waals surface area contributed by atoms with E-state index in [0.717, 1.165) is 49.0 Å². The van der Waals surface area contributed by atoms with Crippen LogP contribution in [0.15, 0.2) is 12.3 Å². The molecule has 8 nitrogen and oxygen atoms in total. The number of pyridine rings is 1. The first-order valence-corrected chi connectivity index (χ1v) is 11.6. The van der Waals surface area contributed by atoms with Crippen LogP contribution >= 0.6 is 0 Å². The molecule has 0 radical (unpaired) electrons. The van der Waals surface area contributed by atoms with Gasteiger partial charge in [-0.2, -0.15) is 5.10 Å². The van der Waals surface area contributed by atoms with Crippen molar-refractivity contribution in [1.29, 1.82) is 0 Å². The second-order valence-electron chi connectivity index (χ2n) is 9.06. The molecule has 0 unspecified atom stereocenters. The SMILES string of the molecule is CCCCNC(=O)CN1CCN(C(=O)c2cc(C3CC3)nc3c2cnn3C(C)C)CC1. The summed E-state index contributed by atoms with van der Waals surface area (Å²) in [5, 5.41) is 8.31. The van der Waals surface area contributed by atoms with Crippen molar-refractivity contribution < 1.29 is 9.59 Å². The molecule has 31 heavy (non-hydrogen) atoms. The molecule has 0 bridgehead atoms. The third kappa shape index (κ3) is 4.89. The van der Waals surface area contributed by atoms with Gasteiger partial charge < -0.3 is 10.2 Å². The normalized spacial score (nSPS) is 17.5. The molecular weight excluding hydrogens is 392 g/mol. The highest BCUT2D eigenvalue weighted by atomic mass is 16.2. The number of nitrogens with zero attached hydrogens (tertiary/aromatic N) is 5. The molecule has 1 saturated heterocycles. The predicted octanol–water partition coefficient (Wildman–Crippen LogP) is 2.56. The van der Waals surface area contributed by atoms with Crippen molar-refractivity contribution in [3.63, 3.8) is 0 Å². The first-order chi connectivity index (χ1) is 15.0. The minimum Gasteiger partial charge on any atom is -0.355 e. The number of piperazine rings is 1. The number of hydrogen-bond acceptors (Lipinski definition) is 5. The van der Waals surface area contributed by atoms with Crippen LogP contribution in [0, 0.1) is 0 Å². The third-order valence-electron chi connectivity index (χ3n) is 6.18. The maximum absolute atomic E-state index is 13.5.